The molecule has 1 aromatic carbocycles. The minimum atomic E-state index is -0.172. The van der Waals surface area contributed by atoms with Crippen LogP contribution in [0, 0.1) is 5.41 Å². The molecule has 0 radical (unpaired) electrons. The molecule has 116 valence electrons. The van der Waals surface area contributed by atoms with Gasteiger partial charge in [-0.15, -0.1) is 0 Å². The molecular formula is C17H26N2O2. The third kappa shape index (κ3) is 4.21. The number of piperidine rings is 1. The molecule has 3 N–H and O–H groups in total. The smallest absolute Gasteiger partial charge is 0.226 e. The minimum Gasteiger partial charge on any atom is -0.508 e. The maximum absolute atomic E-state index is 12.6. The van der Waals surface area contributed by atoms with Gasteiger partial charge in [0.1, 0.15) is 5.75 Å². The first-order chi connectivity index (χ1) is 10.2. The van der Waals surface area contributed by atoms with E-state index >= 15 is 0 Å². The third-order valence-electron chi connectivity index (χ3n) is 4.41. The summed E-state index contributed by atoms with van der Waals surface area (Å²) in [4.78, 5) is 12.6. The maximum Gasteiger partial charge on any atom is 0.226 e. The lowest BCUT2D eigenvalue weighted by molar-refractivity contribution is -0.133. The van der Waals surface area contributed by atoms with Crippen LogP contribution in [0.4, 0.5) is 0 Å². The first kappa shape index (κ1) is 15.8. The number of carbonyl (C=O) groups is 1. The summed E-state index contributed by atoms with van der Waals surface area (Å²) in [5.41, 5.74) is 0.956. The lowest BCUT2D eigenvalue weighted by Crippen LogP contribution is -2.48. The van der Waals surface area contributed by atoms with Crippen LogP contribution in [0.2, 0.25) is 0 Å². The predicted molar refractivity (Wildman–Crippen MR) is 84.3 cm³/mol. The topological polar surface area (TPSA) is 61.4 Å². The molecule has 1 aliphatic rings. The number of hydrogen-bond donors (Lipinski definition) is 3. The van der Waals surface area contributed by atoms with Gasteiger partial charge < -0.3 is 15.7 Å². The molecule has 1 aromatic rings. The zero-order valence-corrected chi connectivity index (χ0v) is 12.8. The van der Waals surface area contributed by atoms with Gasteiger partial charge in [0.15, 0.2) is 0 Å². The van der Waals surface area contributed by atoms with E-state index in [2.05, 4.69) is 17.6 Å². The Labute approximate surface area is 126 Å². The number of amides is 1. The Bertz CT molecular complexity index is 445. The van der Waals surface area contributed by atoms with Gasteiger partial charge in [-0.1, -0.05) is 25.5 Å². The zero-order chi connectivity index (χ0) is 15.1. The molecule has 21 heavy (non-hydrogen) atoms. The molecule has 2 rings (SSSR count). The number of nitrogens with one attached hydrogen (secondary N) is 2. The minimum absolute atomic E-state index is 0.172. The molecule has 0 atom stereocenters. The molecular weight excluding hydrogens is 264 g/mol. The van der Waals surface area contributed by atoms with Crippen LogP contribution in [-0.4, -0.2) is 30.6 Å². The Morgan fingerprint density at radius 2 is 1.95 bits per heavy atom. The standard InChI is InChI=1S/C17H26N2O2/c1-2-8-17(9-12-18-13-10-17)16(21)19-11-7-14-3-5-15(20)6-4-14/h3-6,18,20H,2,7-13H2,1H3,(H,19,21). The fraction of sp³-hybridized carbons (Fsp3) is 0.588. The van der Waals surface area contributed by atoms with E-state index in [4.69, 9.17) is 0 Å². The van der Waals surface area contributed by atoms with Gasteiger partial charge in [-0.05, 0) is 56.5 Å². The first-order valence-electron chi connectivity index (χ1n) is 7.93. The second-order valence-corrected chi connectivity index (χ2v) is 5.95. The normalized spacial score (nSPS) is 17.4. The molecule has 1 fully saturated rings. The molecule has 1 heterocycles. The van der Waals surface area contributed by atoms with E-state index in [1.54, 1.807) is 12.1 Å². The van der Waals surface area contributed by atoms with Crippen molar-refractivity contribution in [1.82, 2.24) is 10.6 Å². The zero-order valence-electron chi connectivity index (χ0n) is 12.8. The van der Waals surface area contributed by atoms with Crippen molar-refractivity contribution < 1.29 is 9.90 Å². The number of rotatable bonds is 6. The average molecular weight is 290 g/mol. The lowest BCUT2D eigenvalue weighted by Gasteiger charge is -2.36. The van der Waals surface area contributed by atoms with Gasteiger partial charge in [0.25, 0.3) is 0 Å². The summed E-state index contributed by atoms with van der Waals surface area (Å²) in [6.07, 6.45) is 4.69. The van der Waals surface area contributed by atoms with E-state index in [0.29, 0.717) is 6.54 Å². The highest BCUT2D eigenvalue weighted by atomic mass is 16.3. The van der Waals surface area contributed by atoms with Gasteiger partial charge in [-0.2, -0.15) is 0 Å². The fourth-order valence-corrected chi connectivity index (χ4v) is 3.14. The first-order valence-corrected chi connectivity index (χ1v) is 7.93. The van der Waals surface area contributed by atoms with Crippen LogP contribution in [0.25, 0.3) is 0 Å². The Balaban J connectivity index is 1.85. The van der Waals surface area contributed by atoms with E-state index in [1.807, 2.05) is 12.1 Å². The highest BCUT2D eigenvalue weighted by Gasteiger charge is 2.38. The molecule has 0 bridgehead atoms. The predicted octanol–water partition coefficient (Wildman–Crippen LogP) is 2.22. The SMILES string of the molecule is CCCC1(C(=O)NCCc2ccc(O)cc2)CCNCC1. The molecule has 1 saturated heterocycles. The van der Waals surface area contributed by atoms with Crippen LogP contribution >= 0.6 is 0 Å². The van der Waals surface area contributed by atoms with Crippen LogP contribution in [0.15, 0.2) is 24.3 Å². The van der Waals surface area contributed by atoms with E-state index < -0.39 is 0 Å². The van der Waals surface area contributed by atoms with E-state index in [9.17, 15) is 9.90 Å². The second kappa shape index (κ2) is 7.46. The van der Waals surface area contributed by atoms with E-state index in [-0.39, 0.29) is 17.1 Å². The Hall–Kier alpha value is -1.55. The van der Waals surface area contributed by atoms with Gasteiger partial charge in [0.05, 0.1) is 5.41 Å². The van der Waals surface area contributed by atoms with Crippen molar-refractivity contribution in [3.63, 3.8) is 0 Å². The Kier molecular flexibility index (Phi) is 5.62. The van der Waals surface area contributed by atoms with Crippen molar-refractivity contribution in [2.24, 2.45) is 5.41 Å². The van der Waals surface area contributed by atoms with Crippen LogP contribution in [0.1, 0.15) is 38.2 Å². The maximum atomic E-state index is 12.6. The summed E-state index contributed by atoms with van der Waals surface area (Å²) in [7, 11) is 0. The molecule has 0 aromatic heterocycles. The number of phenolic OH excluding ortho intramolecular Hbond substituents is 1. The summed E-state index contributed by atoms with van der Waals surface area (Å²) in [5.74, 6) is 0.490. The summed E-state index contributed by atoms with van der Waals surface area (Å²) < 4.78 is 0. The highest BCUT2D eigenvalue weighted by molar-refractivity contribution is 5.82. The van der Waals surface area contributed by atoms with Crippen LogP contribution in [-0.2, 0) is 11.2 Å². The van der Waals surface area contributed by atoms with Gasteiger partial charge in [0.2, 0.25) is 5.91 Å². The Morgan fingerprint density at radius 1 is 1.29 bits per heavy atom. The van der Waals surface area contributed by atoms with E-state index in [0.717, 1.165) is 50.8 Å². The summed E-state index contributed by atoms with van der Waals surface area (Å²) in [6.45, 7) is 4.67. The van der Waals surface area contributed by atoms with Crippen molar-refractivity contribution in [2.75, 3.05) is 19.6 Å². The summed E-state index contributed by atoms with van der Waals surface area (Å²) in [5, 5.41) is 15.7. The van der Waals surface area contributed by atoms with Crippen LogP contribution in [0.5, 0.6) is 5.75 Å². The van der Waals surface area contributed by atoms with Crippen molar-refractivity contribution in [1.29, 1.82) is 0 Å². The van der Waals surface area contributed by atoms with Crippen molar-refractivity contribution in [3.05, 3.63) is 29.8 Å². The highest BCUT2D eigenvalue weighted by Crippen LogP contribution is 2.34. The van der Waals surface area contributed by atoms with Gasteiger partial charge in [-0.25, -0.2) is 0 Å². The van der Waals surface area contributed by atoms with Gasteiger partial charge >= 0.3 is 0 Å². The van der Waals surface area contributed by atoms with Crippen LogP contribution < -0.4 is 10.6 Å². The Morgan fingerprint density at radius 3 is 2.57 bits per heavy atom. The average Bonchev–Trinajstić information content (AvgIpc) is 2.50. The molecule has 4 heteroatoms. The summed E-state index contributed by atoms with van der Waals surface area (Å²) in [6, 6.07) is 7.16. The van der Waals surface area contributed by atoms with E-state index in [1.165, 1.54) is 0 Å². The molecule has 1 amide bonds. The fourth-order valence-electron chi connectivity index (χ4n) is 3.14. The number of aromatic hydroxyl groups is 1. The third-order valence-corrected chi connectivity index (χ3v) is 4.41. The molecule has 0 aliphatic carbocycles. The monoisotopic (exact) mass is 290 g/mol. The number of hydrogen-bond acceptors (Lipinski definition) is 3. The van der Waals surface area contributed by atoms with Crippen molar-refractivity contribution in [3.8, 4) is 5.75 Å². The van der Waals surface area contributed by atoms with Gasteiger partial charge in [0, 0.05) is 6.54 Å². The molecule has 4 nitrogen and oxygen atoms in total. The largest absolute Gasteiger partial charge is 0.508 e. The van der Waals surface area contributed by atoms with Crippen LogP contribution in [0.3, 0.4) is 0 Å². The number of carbonyl (C=O) groups excluding carboxylic acids is 1. The van der Waals surface area contributed by atoms with Crippen molar-refractivity contribution >= 4 is 5.91 Å². The lowest BCUT2D eigenvalue weighted by atomic mass is 9.74. The summed E-state index contributed by atoms with van der Waals surface area (Å²) >= 11 is 0. The quantitative estimate of drug-likeness (QED) is 0.753. The number of benzene rings is 1. The molecule has 0 spiro atoms. The second-order valence-electron chi connectivity index (χ2n) is 5.95. The molecule has 1 aliphatic heterocycles. The molecule has 0 unspecified atom stereocenters. The van der Waals surface area contributed by atoms with Gasteiger partial charge in [-0.3, -0.25) is 4.79 Å². The number of phenols is 1. The van der Waals surface area contributed by atoms with Crippen molar-refractivity contribution in [2.45, 2.75) is 39.0 Å². The molecule has 0 saturated carbocycles.